The van der Waals surface area contributed by atoms with Gasteiger partial charge in [-0.05, 0) is 0 Å². The molecule has 0 spiro atoms. The number of rotatable bonds is 0. The van der Waals surface area contributed by atoms with Crippen molar-refractivity contribution in [1.82, 2.24) is 0 Å². The predicted molar refractivity (Wildman–Crippen MR) is 8.66 cm³/mol. The fourth-order valence-electron chi connectivity index (χ4n) is 0. The Morgan fingerprint density at radius 1 is 1.50 bits per heavy atom. The second-order valence-electron chi connectivity index (χ2n) is 0.469. The third-order valence-electron chi connectivity index (χ3n) is 0. The fraction of sp³-hybridized carbons (Fsp3) is 0. The Labute approximate surface area is 54.1 Å². The average molecular weight is 371 g/mol. The van der Waals surface area contributed by atoms with E-state index in [1.807, 2.05) is 0 Å². The summed E-state index contributed by atoms with van der Waals surface area (Å²) in [4.78, 5) is 0. The average Bonchev–Trinajstić information content (AvgIpc) is 0.722. The van der Waals surface area contributed by atoms with E-state index in [-0.39, 0.29) is 21.1 Å². The van der Waals surface area contributed by atoms with E-state index in [0.29, 0.717) is 0 Å². The number of hydrogen-bond acceptors (Lipinski definition) is 3. The van der Waals surface area contributed by atoms with E-state index in [4.69, 9.17) is 13.2 Å². The molecule has 36 valence electrons. The van der Waals surface area contributed by atoms with E-state index < -0.39 is 20.1 Å². The van der Waals surface area contributed by atoms with Crippen LogP contribution in [0.25, 0.3) is 0 Å². The summed E-state index contributed by atoms with van der Waals surface area (Å²) in [7, 11) is 0. The molecular weight excluding hydrogens is 370 g/mol. The summed E-state index contributed by atoms with van der Waals surface area (Å²) >= 11 is -5.85. The van der Waals surface area contributed by atoms with Gasteiger partial charge in [0.1, 0.15) is 0 Å². The van der Waals surface area contributed by atoms with Gasteiger partial charge in [-0.25, -0.2) is 0 Å². The van der Waals surface area contributed by atoms with Crippen LogP contribution < -0.4 is 6.77 Å². The fourth-order valence-corrected chi connectivity index (χ4v) is 0. The first-order chi connectivity index (χ1) is 2.00. The molecule has 0 unspecified atom stereocenters. The smallest absolute Gasteiger partial charge is 2.00 e. The SMILES string of the molecule is [O]=[Sb]([O-])([O-])[OH].[W+2]. The molecule has 6 heteroatoms. The van der Waals surface area contributed by atoms with Gasteiger partial charge in [0.05, 0.1) is 0 Å². The molecule has 4 nitrogen and oxygen atoms in total. The quantitative estimate of drug-likeness (QED) is 0.450. The molecule has 0 radical (unpaired) electrons. The molecule has 0 aromatic heterocycles. The summed E-state index contributed by atoms with van der Waals surface area (Å²) in [5.41, 5.74) is 0. The normalized spacial score (nSPS) is 9.83. The molecule has 0 heterocycles. The molecule has 0 saturated carbocycles. The molecule has 6 heavy (non-hydrogen) atoms. The van der Waals surface area contributed by atoms with Crippen LogP contribution in [-0.2, 0) is 24.1 Å². The van der Waals surface area contributed by atoms with E-state index >= 15 is 0 Å². The molecule has 0 aromatic rings. The molecule has 0 fully saturated rings. The Morgan fingerprint density at radius 2 is 1.50 bits per heavy atom. The van der Waals surface area contributed by atoms with Gasteiger partial charge in [0, 0.05) is 0 Å². The van der Waals surface area contributed by atoms with Crippen molar-refractivity contribution >= 4 is 20.1 Å². The van der Waals surface area contributed by atoms with Crippen molar-refractivity contribution in [2.24, 2.45) is 0 Å². The molecule has 0 aliphatic heterocycles. The standard InChI is InChI=1S/H2O.3O.Sb.W/h1H2;;;;;/q;;2*-1;+1;+2/p-1. The molecule has 0 aliphatic rings. The second kappa shape index (κ2) is 3.22. The maximum atomic E-state index is 8.75. The van der Waals surface area contributed by atoms with Crippen LogP contribution in [0.2, 0.25) is 0 Å². The van der Waals surface area contributed by atoms with Gasteiger partial charge in [-0.15, -0.1) is 0 Å². The Bertz CT molecular complexity index is 53.7. The van der Waals surface area contributed by atoms with Crippen LogP contribution in [0.3, 0.4) is 0 Å². The molecule has 1 N–H and O–H groups in total. The topological polar surface area (TPSA) is 83.4 Å². The third kappa shape index (κ3) is 64.6. The Kier molecular flexibility index (Phi) is 5.49. The first kappa shape index (κ1) is 10.2. The van der Waals surface area contributed by atoms with Crippen molar-refractivity contribution in [3.05, 3.63) is 0 Å². The minimum Gasteiger partial charge on any atom is 2.00 e. The molecule has 0 bridgehead atoms. The van der Waals surface area contributed by atoms with E-state index in [1.165, 1.54) is 0 Å². The maximum absolute atomic E-state index is 8.75. The van der Waals surface area contributed by atoms with Crippen LogP contribution >= 0.6 is 0 Å². The van der Waals surface area contributed by atoms with Crippen LogP contribution in [0.1, 0.15) is 0 Å². The van der Waals surface area contributed by atoms with Crippen molar-refractivity contribution in [1.29, 1.82) is 0 Å². The predicted octanol–water partition coefficient (Wildman–Crippen LogP) is -3.44. The summed E-state index contributed by atoms with van der Waals surface area (Å²) in [5.74, 6) is 0. The van der Waals surface area contributed by atoms with E-state index in [1.54, 1.807) is 0 Å². The Balaban J connectivity index is 0. The van der Waals surface area contributed by atoms with Gasteiger partial charge in [0.2, 0.25) is 0 Å². The van der Waals surface area contributed by atoms with Crippen LogP contribution in [-0.4, -0.2) is 23.4 Å². The van der Waals surface area contributed by atoms with Gasteiger partial charge in [-0.3, -0.25) is 0 Å². The van der Waals surface area contributed by atoms with Crippen molar-refractivity contribution in [2.75, 3.05) is 0 Å². The summed E-state index contributed by atoms with van der Waals surface area (Å²) in [6, 6.07) is 0. The van der Waals surface area contributed by atoms with E-state index in [2.05, 4.69) is 0 Å². The van der Waals surface area contributed by atoms with Crippen molar-refractivity contribution in [3.63, 3.8) is 0 Å². The van der Waals surface area contributed by atoms with Crippen molar-refractivity contribution in [3.8, 4) is 0 Å². The summed E-state index contributed by atoms with van der Waals surface area (Å²) in [6.07, 6.45) is 0. The van der Waals surface area contributed by atoms with Crippen LogP contribution in [0.4, 0.5) is 0 Å². The zero-order valence-electron chi connectivity index (χ0n) is 2.53. The molecule has 0 saturated heterocycles. The van der Waals surface area contributed by atoms with Gasteiger partial charge >= 0.3 is 54.3 Å². The van der Waals surface area contributed by atoms with Gasteiger partial charge in [-0.2, -0.15) is 0 Å². The van der Waals surface area contributed by atoms with Crippen LogP contribution in [0.5, 0.6) is 0 Å². The first-order valence-corrected chi connectivity index (χ1v) is 5.02. The molecule has 0 amide bonds. The van der Waals surface area contributed by atoms with Gasteiger partial charge in [0.15, 0.2) is 0 Å². The molecule has 0 aliphatic carbocycles. The van der Waals surface area contributed by atoms with Crippen molar-refractivity contribution < 1.29 is 34.2 Å². The van der Waals surface area contributed by atoms with Crippen molar-refractivity contribution in [2.45, 2.75) is 0 Å². The Morgan fingerprint density at radius 3 is 1.50 bits per heavy atom. The summed E-state index contributed by atoms with van der Waals surface area (Å²) < 4.78 is 33.3. The maximum Gasteiger partial charge on any atom is 2.00 e. The summed E-state index contributed by atoms with van der Waals surface area (Å²) in [5, 5.41) is 0. The van der Waals surface area contributed by atoms with Crippen LogP contribution in [0.15, 0.2) is 0 Å². The monoisotopic (exact) mass is 370 g/mol. The first-order valence-electron chi connectivity index (χ1n) is 0.748. The van der Waals surface area contributed by atoms with Crippen LogP contribution in [0, 0.1) is 0 Å². The number of hydrogen-bond donors (Lipinski definition) is 1. The van der Waals surface area contributed by atoms with E-state index in [0.717, 1.165) is 0 Å². The summed E-state index contributed by atoms with van der Waals surface area (Å²) in [6.45, 7) is 0. The molecule has 0 aromatic carbocycles. The van der Waals surface area contributed by atoms with E-state index in [9.17, 15) is 0 Å². The minimum absolute atomic E-state index is 0. The molecular formula is HO4SbW. The zero-order valence-corrected chi connectivity index (χ0v) is 8.01. The molecule has 0 rings (SSSR count). The zero-order chi connectivity index (χ0) is 4.50. The second-order valence-corrected chi connectivity index (χ2v) is 3.14. The minimum atomic E-state index is -5.85. The third-order valence-corrected chi connectivity index (χ3v) is 0. The molecule has 0 atom stereocenters. The Hall–Kier alpha value is 1.19. The van der Waals surface area contributed by atoms with Gasteiger partial charge < -0.3 is 0 Å². The largest absolute Gasteiger partial charge is 2.00 e. The van der Waals surface area contributed by atoms with Gasteiger partial charge in [0.25, 0.3) is 0 Å². The van der Waals surface area contributed by atoms with Gasteiger partial charge in [-0.1, -0.05) is 0 Å².